The zero-order valence-electron chi connectivity index (χ0n) is 14.5. The molecular formula is C17H18ClNO5S2. The van der Waals surface area contributed by atoms with Crippen LogP contribution in [0.3, 0.4) is 0 Å². The topological polar surface area (TPSA) is 81.7 Å². The fourth-order valence-corrected chi connectivity index (χ4v) is 3.94. The van der Waals surface area contributed by atoms with Crippen molar-refractivity contribution >= 4 is 57.1 Å². The Morgan fingerprint density at radius 1 is 1.15 bits per heavy atom. The highest BCUT2D eigenvalue weighted by Crippen LogP contribution is 2.33. The van der Waals surface area contributed by atoms with Crippen LogP contribution in [-0.4, -0.2) is 31.1 Å². The van der Waals surface area contributed by atoms with Crippen molar-refractivity contribution in [3.05, 3.63) is 37.9 Å². The number of carbonyl (C=O) groups excluding carboxylic acids is 3. The van der Waals surface area contributed by atoms with Gasteiger partial charge in [0.2, 0.25) is 0 Å². The second-order valence-electron chi connectivity index (χ2n) is 5.49. The Morgan fingerprint density at radius 2 is 1.88 bits per heavy atom. The summed E-state index contributed by atoms with van der Waals surface area (Å²) in [5.74, 6) is -1.48. The van der Waals surface area contributed by atoms with Gasteiger partial charge in [-0.2, -0.15) is 0 Å². The number of nitrogens with one attached hydrogen (secondary N) is 1. The lowest BCUT2D eigenvalue weighted by molar-refractivity contribution is -0.119. The minimum atomic E-state index is -0.628. The van der Waals surface area contributed by atoms with E-state index in [0.717, 1.165) is 16.2 Å². The SMILES string of the molecule is CCOC(=O)c1cc(C(C)C)sc1NC(=O)COC(=O)c1ccc(Cl)s1. The van der Waals surface area contributed by atoms with Gasteiger partial charge in [0, 0.05) is 4.88 Å². The van der Waals surface area contributed by atoms with E-state index in [4.69, 9.17) is 21.1 Å². The van der Waals surface area contributed by atoms with Crippen molar-refractivity contribution in [2.45, 2.75) is 26.7 Å². The molecule has 0 fully saturated rings. The molecule has 0 saturated heterocycles. The minimum absolute atomic E-state index is 0.195. The molecule has 0 spiro atoms. The summed E-state index contributed by atoms with van der Waals surface area (Å²) in [4.78, 5) is 37.3. The lowest BCUT2D eigenvalue weighted by Crippen LogP contribution is -2.21. The first kappa shape index (κ1) is 20.4. The van der Waals surface area contributed by atoms with Gasteiger partial charge >= 0.3 is 11.9 Å². The highest BCUT2D eigenvalue weighted by atomic mass is 35.5. The predicted molar refractivity (Wildman–Crippen MR) is 103 cm³/mol. The first-order valence-electron chi connectivity index (χ1n) is 7.85. The van der Waals surface area contributed by atoms with Gasteiger partial charge in [0.25, 0.3) is 5.91 Å². The smallest absolute Gasteiger partial charge is 0.348 e. The summed E-state index contributed by atoms with van der Waals surface area (Å²) in [6, 6.07) is 4.82. The van der Waals surface area contributed by atoms with E-state index < -0.39 is 24.5 Å². The first-order chi connectivity index (χ1) is 12.3. The lowest BCUT2D eigenvalue weighted by Gasteiger charge is -2.06. The van der Waals surface area contributed by atoms with Crippen LogP contribution in [0.25, 0.3) is 0 Å². The molecule has 2 aromatic heterocycles. The number of hydrogen-bond acceptors (Lipinski definition) is 7. The number of thiophene rings is 2. The van der Waals surface area contributed by atoms with Crippen LogP contribution in [0.1, 0.15) is 51.6 Å². The van der Waals surface area contributed by atoms with Crippen molar-refractivity contribution in [2.24, 2.45) is 0 Å². The summed E-state index contributed by atoms with van der Waals surface area (Å²) in [6.07, 6.45) is 0. The zero-order chi connectivity index (χ0) is 19.3. The van der Waals surface area contributed by atoms with Crippen LogP contribution >= 0.6 is 34.3 Å². The molecule has 0 bridgehead atoms. The largest absolute Gasteiger partial charge is 0.462 e. The normalized spacial score (nSPS) is 10.7. The number of esters is 2. The molecule has 2 rings (SSSR count). The molecule has 0 unspecified atom stereocenters. The average molecular weight is 416 g/mol. The molecule has 140 valence electrons. The fourth-order valence-electron chi connectivity index (χ4n) is 1.94. The van der Waals surface area contributed by atoms with Crippen molar-refractivity contribution in [2.75, 3.05) is 18.5 Å². The van der Waals surface area contributed by atoms with Crippen molar-refractivity contribution in [3.63, 3.8) is 0 Å². The molecule has 2 heterocycles. The molecule has 0 atom stereocenters. The molecule has 0 aliphatic carbocycles. The van der Waals surface area contributed by atoms with Gasteiger partial charge in [-0.05, 0) is 31.0 Å². The Labute approximate surface area is 164 Å². The van der Waals surface area contributed by atoms with Crippen LogP contribution in [0.2, 0.25) is 4.34 Å². The van der Waals surface area contributed by atoms with Crippen molar-refractivity contribution in [1.29, 1.82) is 0 Å². The van der Waals surface area contributed by atoms with Gasteiger partial charge in [-0.3, -0.25) is 4.79 Å². The van der Waals surface area contributed by atoms with E-state index in [2.05, 4.69) is 5.32 Å². The molecular weight excluding hydrogens is 398 g/mol. The van der Waals surface area contributed by atoms with Gasteiger partial charge in [-0.15, -0.1) is 22.7 Å². The predicted octanol–water partition coefficient (Wildman–Crippen LogP) is 4.56. The van der Waals surface area contributed by atoms with Crippen LogP contribution < -0.4 is 5.32 Å². The Balaban J connectivity index is 2.03. The van der Waals surface area contributed by atoms with Crippen molar-refractivity contribution < 1.29 is 23.9 Å². The molecule has 6 nitrogen and oxygen atoms in total. The Hall–Kier alpha value is -1.90. The maximum atomic E-state index is 12.1. The molecule has 9 heteroatoms. The second-order valence-corrected chi connectivity index (χ2v) is 8.29. The van der Waals surface area contributed by atoms with Crippen LogP contribution in [0, 0.1) is 0 Å². The van der Waals surface area contributed by atoms with Gasteiger partial charge < -0.3 is 14.8 Å². The van der Waals surface area contributed by atoms with Crippen LogP contribution in [0.15, 0.2) is 18.2 Å². The van der Waals surface area contributed by atoms with Crippen LogP contribution in [0.4, 0.5) is 5.00 Å². The summed E-state index contributed by atoms with van der Waals surface area (Å²) in [5, 5.41) is 3.00. The molecule has 1 amide bonds. The molecule has 1 N–H and O–H groups in total. The van der Waals surface area contributed by atoms with E-state index in [-0.39, 0.29) is 12.5 Å². The maximum Gasteiger partial charge on any atom is 0.348 e. The highest BCUT2D eigenvalue weighted by Gasteiger charge is 2.21. The maximum absolute atomic E-state index is 12.1. The number of carbonyl (C=O) groups is 3. The van der Waals surface area contributed by atoms with Crippen LogP contribution in [0.5, 0.6) is 0 Å². The summed E-state index contributed by atoms with van der Waals surface area (Å²) < 4.78 is 10.4. The summed E-state index contributed by atoms with van der Waals surface area (Å²) in [5.41, 5.74) is 0.297. The van der Waals surface area contributed by atoms with Gasteiger partial charge in [0.15, 0.2) is 6.61 Å². The van der Waals surface area contributed by atoms with Gasteiger partial charge in [0.05, 0.1) is 16.5 Å². The average Bonchev–Trinajstić information content (AvgIpc) is 3.19. The van der Waals surface area contributed by atoms with E-state index in [9.17, 15) is 14.4 Å². The molecule has 0 aliphatic heterocycles. The summed E-state index contributed by atoms with van der Waals surface area (Å²) in [6.45, 7) is 5.45. The van der Waals surface area contributed by atoms with Gasteiger partial charge in [0.1, 0.15) is 9.88 Å². The van der Waals surface area contributed by atoms with Crippen molar-refractivity contribution in [1.82, 2.24) is 0 Å². The quantitative estimate of drug-likeness (QED) is 0.670. The first-order valence-corrected chi connectivity index (χ1v) is 9.86. The number of ether oxygens (including phenoxy) is 2. The summed E-state index contributed by atoms with van der Waals surface area (Å²) >= 11 is 8.13. The minimum Gasteiger partial charge on any atom is -0.462 e. The van der Waals surface area contributed by atoms with Gasteiger partial charge in [-0.1, -0.05) is 25.4 Å². The Morgan fingerprint density at radius 3 is 2.46 bits per heavy atom. The lowest BCUT2D eigenvalue weighted by atomic mass is 10.1. The molecule has 0 aliphatic rings. The molecule has 0 saturated carbocycles. The number of amides is 1. The van der Waals surface area contributed by atoms with E-state index in [0.29, 0.717) is 19.8 Å². The van der Waals surface area contributed by atoms with Crippen molar-refractivity contribution in [3.8, 4) is 0 Å². The third-order valence-electron chi connectivity index (χ3n) is 3.18. The molecule has 2 aromatic rings. The van der Waals surface area contributed by atoms with Crippen LogP contribution in [-0.2, 0) is 14.3 Å². The third-order valence-corrected chi connectivity index (χ3v) is 5.74. The van der Waals surface area contributed by atoms with E-state index in [1.165, 1.54) is 17.4 Å². The Kier molecular flexibility index (Phi) is 7.19. The molecule has 0 aromatic carbocycles. The Bertz CT molecular complexity index is 812. The van der Waals surface area contributed by atoms with E-state index in [1.54, 1.807) is 19.1 Å². The standard InChI is InChI=1S/C17H18ClNO5S2/c1-4-23-16(21)10-7-12(9(2)3)26-15(10)19-14(20)8-24-17(22)11-5-6-13(18)25-11/h5-7,9H,4,8H2,1-3H3,(H,19,20). The number of halogens is 1. The fraction of sp³-hybridized carbons (Fsp3) is 0.353. The highest BCUT2D eigenvalue weighted by molar-refractivity contribution is 7.18. The van der Waals surface area contributed by atoms with E-state index >= 15 is 0 Å². The second kappa shape index (κ2) is 9.16. The number of hydrogen-bond donors (Lipinski definition) is 1. The molecule has 0 radical (unpaired) electrons. The number of anilines is 1. The van der Waals surface area contributed by atoms with Gasteiger partial charge in [-0.25, -0.2) is 9.59 Å². The summed E-state index contributed by atoms with van der Waals surface area (Å²) in [7, 11) is 0. The number of rotatable bonds is 7. The third kappa shape index (κ3) is 5.30. The monoisotopic (exact) mass is 415 g/mol. The molecule has 26 heavy (non-hydrogen) atoms. The van der Waals surface area contributed by atoms with E-state index in [1.807, 2.05) is 13.8 Å². The zero-order valence-corrected chi connectivity index (χ0v) is 16.8.